The first-order valence-electron chi connectivity index (χ1n) is 4.66. The van der Waals surface area contributed by atoms with Crippen molar-refractivity contribution in [3.63, 3.8) is 0 Å². The number of isothiocyanates is 1. The average molecular weight is 195 g/mol. The largest absolute Gasteiger partial charge is 0.281 e. The zero-order chi connectivity index (χ0) is 9.52. The topological polar surface area (TPSA) is 29.4 Å². The van der Waals surface area contributed by atoms with Crippen molar-refractivity contribution in [1.82, 2.24) is 0 Å². The molecule has 0 unspecified atom stereocenters. The number of rotatable bonds is 1. The average Bonchev–Trinajstić information content (AvgIpc) is 2.03. The number of carbonyl (C=O) groups is 1. The van der Waals surface area contributed by atoms with E-state index in [-0.39, 0.29) is 5.91 Å². The Hall–Kier alpha value is -0.790. The van der Waals surface area contributed by atoms with Crippen molar-refractivity contribution in [2.75, 3.05) is 0 Å². The van der Waals surface area contributed by atoms with E-state index in [0.29, 0.717) is 0 Å². The fraction of sp³-hybridized carbons (Fsp3) is 0.600. The lowest BCUT2D eigenvalue weighted by atomic mass is 10.00. The van der Waals surface area contributed by atoms with Gasteiger partial charge < -0.3 is 0 Å². The minimum atomic E-state index is -0.197. The third kappa shape index (κ3) is 3.62. The summed E-state index contributed by atoms with van der Waals surface area (Å²) < 4.78 is 0. The van der Waals surface area contributed by atoms with Gasteiger partial charge in [-0.1, -0.05) is 18.9 Å². The number of hydrogen-bond donors (Lipinski definition) is 0. The van der Waals surface area contributed by atoms with Crippen LogP contribution in [-0.4, -0.2) is 11.1 Å². The van der Waals surface area contributed by atoms with E-state index in [9.17, 15) is 4.79 Å². The van der Waals surface area contributed by atoms with Gasteiger partial charge in [0.1, 0.15) is 0 Å². The second-order valence-corrected chi connectivity index (χ2v) is 3.37. The summed E-state index contributed by atoms with van der Waals surface area (Å²) in [4.78, 5) is 14.8. The Labute approximate surface area is 83.7 Å². The predicted octanol–water partition coefficient (Wildman–Crippen LogP) is 2.90. The first kappa shape index (κ1) is 10.3. The summed E-state index contributed by atoms with van der Waals surface area (Å²) in [5.74, 6) is -0.197. The monoisotopic (exact) mass is 195 g/mol. The van der Waals surface area contributed by atoms with Crippen molar-refractivity contribution in [2.45, 2.75) is 38.5 Å². The van der Waals surface area contributed by atoms with Crippen LogP contribution in [0.1, 0.15) is 38.5 Å². The van der Waals surface area contributed by atoms with Gasteiger partial charge in [-0.3, -0.25) is 4.79 Å². The smallest absolute Gasteiger partial charge is 0.266 e. The van der Waals surface area contributed by atoms with Crippen LogP contribution in [0.25, 0.3) is 0 Å². The molecule has 1 amide bonds. The summed E-state index contributed by atoms with van der Waals surface area (Å²) in [6.07, 6.45) is 8.59. The molecule has 0 saturated heterocycles. The zero-order valence-electron chi connectivity index (χ0n) is 7.58. The highest BCUT2D eigenvalue weighted by Gasteiger charge is 2.08. The van der Waals surface area contributed by atoms with Gasteiger partial charge in [0.05, 0.1) is 5.16 Å². The van der Waals surface area contributed by atoms with Crippen LogP contribution in [0, 0.1) is 0 Å². The number of thiocarbonyl (C=S) groups is 1. The Morgan fingerprint density at radius 3 is 2.92 bits per heavy atom. The molecule has 2 nitrogen and oxygen atoms in total. The molecule has 0 atom stereocenters. The molecule has 0 spiro atoms. The van der Waals surface area contributed by atoms with Crippen LogP contribution in [0.3, 0.4) is 0 Å². The molecule has 0 saturated carbocycles. The van der Waals surface area contributed by atoms with Crippen LogP contribution in [0.15, 0.2) is 16.6 Å². The molecule has 0 aromatic carbocycles. The third-order valence-electron chi connectivity index (χ3n) is 2.21. The number of aliphatic imine (C=N–C) groups is 1. The Morgan fingerprint density at radius 1 is 1.38 bits per heavy atom. The zero-order valence-corrected chi connectivity index (χ0v) is 8.40. The summed E-state index contributed by atoms with van der Waals surface area (Å²) in [6, 6.07) is 0. The molecule has 3 heteroatoms. The van der Waals surface area contributed by atoms with Crippen LogP contribution >= 0.6 is 12.2 Å². The van der Waals surface area contributed by atoms with E-state index >= 15 is 0 Å². The number of allylic oxidation sites excluding steroid dienone is 1. The summed E-state index contributed by atoms with van der Waals surface area (Å²) in [5, 5.41) is 2.12. The fourth-order valence-electron chi connectivity index (χ4n) is 1.50. The van der Waals surface area contributed by atoms with E-state index in [4.69, 9.17) is 0 Å². The molecule has 0 radical (unpaired) electrons. The summed E-state index contributed by atoms with van der Waals surface area (Å²) in [7, 11) is 0. The van der Waals surface area contributed by atoms with Crippen LogP contribution in [0.2, 0.25) is 0 Å². The van der Waals surface area contributed by atoms with Crippen molar-refractivity contribution in [1.29, 1.82) is 0 Å². The van der Waals surface area contributed by atoms with Gasteiger partial charge in [-0.15, -0.1) is 0 Å². The molecule has 1 aliphatic rings. The number of carbonyl (C=O) groups excluding carboxylic acids is 1. The maximum absolute atomic E-state index is 11.3. The molecule has 0 aromatic heterocycles. The first-order valence-corrected chi connectivity index (χ1v) is 5.06. The normalized spacial score (nSPS) is 21.7. The summed E-state index contributed by atoms with van der Waals surface area (Å²) in [6.45, 7) is 0. The minimum Gasteiger partial charge on any atom is -0.266 e. The third-order valence-corrected chi connectivity index (χ3v) is 2.30. The SMILES string of the molecule is O=C(N=C=S)/C1=C/CCCCCC1. The molecular formula is C10H13NOS. The van der Waals surface area contributed by atoms with Gasteiger partial charge in [-0.25, -0.2) is 0 Å². The highest BCUT2D eigenvalue weighted by Crippen LogP contribution is 2.17. The lowest BCUT2D eigenvalue weighted by Crippen LogP contribution is -2.00. The van der Waals surface area contributed by atoms with Crippen molar-refractivity contribution in [2.24, 2.45) is 4.99 Å². The Kier molecular flexibility index (Phi) is 4.58. The minimum absolute atomic E-state index is 0.197. The van der Waals surface area contributed by atoms with E-state index in [1.54, 1.807) is 0 Å². The molecule has 1 aliphatic carbocycles. The van der Waals surface area contributed by atoms with Gasteiger partial charge in [0.2, 0.25) is 0 Å². The van der Waals surface area contributed by atoms with Crippen LogP contribution < -0.4 is 0 Å². The predicted molar refractivity (Wildman–Crippen MR) is 55.8 cm³/mol. The first-order chi connectivity index (χ1) is 6.34. The van der Waals surface area contributed by atoms with Gasteiger partial charge in [-0.2, -0.15) is 4.99 Å². The number of amides is 1. The maximum Gasteiger partial charge on any atom is 0.281 e. The van der Waals surface area contributed by atoms with Crippen molar-refractivity contribution in [3.05, 3.63) is 11.6 Å². The highest BCUT2D eigenvalue weighted by atomic mass is 32.1. The number of hydrogen-bond acceptors (Lipinski definition) is 2. The molecule has 0 aromatic rings. The Bertz CT molecular complexity index is 264. The standard InChI is InChI=1S/C10H13NOS/c12-10(11-8-13)9-6-4-2-1-3-5-7-9/h6H,1-5,7H2/b9-6+. The van der Waals surface area contributed by atoms with E-state index < -0.39 is 0 Å². The van der Waals surface area contributed by atoms with Gasteiger partial charge in [0, 0.05) is 5.57 Å². The molecule has 0 heterocycles. The van der Waals surface area contributed by atoms with Crippen LogP contribution in [0.5, 0.6) is 0 Å². The Balaban J connectivity index is 2.63. The van der Waals surface area contributed by atoms with Gasteiger partial charge in [0.25, 0.3) is 5.91 Å². The summed E-state index contributed by atoms with van der Waals surface area (Å²) in [5.41, 5.74) is 0.817. The van der Waals surface area contributed by atoms with Gasteiger partial charge in [0.15, 0.2) is 0 Å². The van der Waals surface area contributed by atoms with E-state index in [1.165, 1.54) is 19.3 Å². The number of nitrogens with zero attached hydrogens (tertiary/aromatic N) is 1. The van der Waals surface area contributed by atoms with Crippen LogP contribution in [0.4, 0.5) is 0 Å². The molecule has 0 bridgehead atoms. The summed E-state index contributed by atoms with van der Waals surface area (Å²) >= 11 is 4.39. The van der Waals surface area contributed by atoms with Crippen molar-refractivity contribution < 1.29 is 4.79 Å². The van der Waals surface area contributed by atoms with E-state index in [2.05, 4.69) is 22.4 Å². The second kappa shape index (κ2) is 5.79. The second-order valence-electron chi connectivity index (χ2n) is 3.19. The lowest BCUT2D eigenvalue weighted by Gasteiger charge is -2.07. The van der Waals surface area contributed by atoms with E-state index in [1.807, 2.05) is 6.08 Å². The van der Waals surface area contributed by atoms with Gasteiger partial charge in [-0.05, 0) is 37.9 Å². The van der Waals surface area contributed by atoms with Crippen LogP contribution in [-0.2, 0) is 4.79 Å². The quantitative estimate of drug-likeness (QED) is 0.475. The molecular weight excluding hydrogens is 182 g/mol. The van der Waals surface area contributed by atoms with Crippen molar-refractivity contribution in [3.8, 4) is 0 Å². The molecule has 0 N–H and O–H groups in total. The van der Waals surface area contributed by atoms with Gasteiger partial charge >= 0.3 is 0 Å². The van der Waals surface area contributed by atoms with E-state index in [0.717, 1.165) is 24.8 Å². The molecule has 0 aliphatic heterocycles. The highest BCUT2D eigenvalue weighted by molar-refractivity contribution is 7.78. The molecule has 70 valence electrons. The van der Waals surface area contributed by atoms with Crippen molar-refractivity contribution >= 4 is 23.3 Å². The molecule has 1 rings (SSSR count). The molecule has 0 fully saturated rings. The molecule has 13 heavy (non-hydrogen) atoms. The lowest BCUT2D eigenvalue weighted by molar-refractivity contribution is -0.114. The fourth-order valence-corrected chi connectivity index (χ4v) is 1.58. The Morgan fingerprint density at radius 2 is 2.15 bits per heavy atom. The maximum atomic E-state index is 11.3.